The van der Waals surface area contributed by atoms with Crippen LogP contribution in [0, 0.1) is 5.82 Å². The number of nitrogens with one attached hydrogen (secondary N) is 1. The van der Waals surface area contributed by atoms with E-state index in [-0.39, 0.29) is 12.6 Å². The molecule has 0 saturated heterocycles. The highest BCUT2D eigenvalue weighted by Crippen LogP contribution is 2.38. The van der Waals surface area contributed by atoms with Crippen LogP contribution in [0.1, 0.15) is 58.1 Å². The highest BCUT2D eigenvalue weighted by molar-refractivity contribution is 5.93. The lowest BCUT2D eigenvalue weighted by Crippen LogP contribution is -2.39. The molecular formula is C28H33F4N7O3. The zero-order valence-electron chi connectivity index (χ0n) is 23.4. The van der Waals surface area contributed by atoms with Gasteiger partial charge in [0.25, 0.3) is 5.88 Å². The number of hydrogen-bond donors (Lipinski definition) is 3. The minimum atomic E-state index is -4.84. The van der Waals surface area contributed by atoms with Crippen molar-refractivity contribution in [3.63, 3.8) is 0 Å². The first-order chi connectivity index (χ1) is 19.8. The lowest BCUT2D eigenvalue weighted by atomic mass is 9.93. The number of aromatic nitrogens is 6. The summed E-state index contributed by atoms with van der Waals surface area (Å²) in [6.07, 6.45) is 1.80. The van der Waals surface area contributed by atoms with Gasteiger partial charge >= 0.3 is 6.18 Å². The largest absolute Gasteiger partial charge is 0.472 e. The molecule has 4 aromatic heterocycles. The molecule has 3 N–H and O–H groups in total. The van der Waals surface area contributed by atoms with Gasteiger partial charge in [-0.2, -0.15) is 23.4 Å². The van der Waals surface area contributed by atoms with Gasteiger partial charge in [0.15, 0.2) is 5.82 Å². The number of alkyl halides is 3. The van der Waals surface area contributed by atoms with Crippen molar-refractivity contribution in [1.29, 1.82) is 0 Å². The minimum Gasteiger partial charge on any atom is -0.472 e. The van der Waals surface area contributed by atoms with Gasteiger partial charge < -0.3 is 20.3 Å². The number of fused-ring (bicyclic) bond motifs is 1. The second kappa shape index (κ2) is 11.5. The van der Waals surface area contributed by atoms with Crippen molar-refractivity contribution < 1.29 is 32.5 Å². The summed E-state index contributed by atoms with van der Waals surface area (Å²) in [5.41, 5.74) is -0.491. The molecule has 14 heteroatoms. The standard InChI is InChI=1S/C28H33F4N7O3/c1-4-33-23-11-21-19(13-35-23)25(16-12-36-38(14-16)15-22(40)27(2,3)41)37-39(21)17-5-7-18(8-6-17)42-26-24(29)20(9-10-34-26)28(30,31)32/h9-14,17-18,22,40-41H,4-8,15H2,1-3H3,(H,33,35)/t17-,18+,22-/m1/s1. The maximum absolute atomic E-state index is 14.5. The summed E-state index contributed by atoms with van der Waals surface area (Å²) in [5, 5.41) is 33.7. The molecule has 1 aliphatic carbocycles. The molecule has 10 nitrogen and oxygen atoms in total. The summed E-state index contributed by atoms with van der Waals surface area (Å²) in [5.74, 6) is -1.47. The van der Waals surface area contributed by atoms with E-state index in [9.17, 15) is 27.8 Å². The van der Waals surface area contributed by atoms with Gasteiger partial charge in [0.05, 0.1) is 35.5 Å². The van der Waals surface area contributed by atoms with Crippen LogP contribution in [0.3, 0.4) is 0 Å². The van der Waals surface area contributed by atoms with Gasteiger partial charge in [0, 0.05) is 42.2 Å². The summed E-state index contributed by atoms with van der Waals surface area (Å²) in [6.45, 7) is 5.79. The molecule has 4 heterocycles. The lowest BCUT2D eigenvalue weighted by molar-refractivity contribution is -0.140. The van der Waals surface area contributed by atoms with Gasteiger partial charge in [-0.1, -0.05) is 0 Å². The molecular weight excluding hydrogens is 558 g/mol. The first kappa shape index (κ1) is 29.7. The molecule has 1 saturated carbocycles. The Hall–Kier alpha value is -3.78. The van der Waals surface area contributed by atoms with Crippen LogP contribution in [-0.2, 0) is 12.7 Å². The maximum atomic E-state index is 14.5. The smallest absolute Gasteiger partial charge is 0.419 e. The number of ether oxygens (including phenoxy) is 1. The van der Waals surface area contributed by atoms with E-state index in [1.807, 2.05) is 17.7 Å². The molecule has 1 atom stereocenters. The van der Waals surface area contributed by atoms with Crippen LogP contribution < -0.4 is 10.1 Å². The Bertz CT molecular complexity index is 1540. The molecule has 5 rings (SSSR count). The van der Waals surface area contributed by atoms with Crippen molar-refractivity contribution in [2.75, 3.05) is 11.9 Å². The first-order valence-corrected chi connectivity index (χ1v) is 13.8. The van der Waals surface area contributed by atoms with E-state index in [1.165, 1.54) is 13.8 Å². The van der Waals surface area contributed by atoms with Gasteiger partial charge in [-0.05, 0) is 52.5 Å². The lowest BCUT2D eigenvalue weighted by Gasteiger charge is -2.29. The highest BCUT2D eigenvalue weighted by Gasteiger charge is 2.36. The van der Waals surface area contributed by atoms with E-state index in [2.05, 4.69) is 20.4 Å². The molecule has 1 fully saturated rings. The zero-order valence-corrected chi connectivity index (χ0v) is 23.4. The molecule has 0 radical (unpaired) electrons. The molecule has 42 heavy (non-hydrogen) atoms. The van der Waals surface area contributed by atoms with Crippen LogP contribution in [0.4, 0.5) is 23.4 Å². The summed E-state index contributed by atoms with van der Waals surface area (Å²) in [6, 6.07) is 2.46. The quantitative estimate of drug-likeness (QED) is 0.233. The summed E-state index contributed by atoms with van der Waals surface area (Å²) >= 11 is 0. The van der Waals surface area contributed by atoms with Crippen molar-refractivity contribution in [2.24, 2.45) is 0 Å². The van der Waals surface area contributed by atoms with Crippen LogP contribution in [0.15, 0.2) is 36.9 Å². The third-order valence-corrected chi connectivity index (χ3v) is 7.46. The van der Waals surface area contributed by atoms with E-state index < -0.39 is 41.2 Å². The van der Waals surface area contributed by atoms with Crippen molar-refractivity contribution in [1.82, 2.24) is 29.5 Å². The van der Waals surface area contributed by atoms with Gasteiger partial charge in [0.1, 0.15) is 23.7 Å². The number of pyridine rings is 2. The fourth-order valence-corrected chi connectivity index (χ4v) is 5.08. The Morgan fingerprint density at radius 3 is 2.55 bits per heavy atom. The van der Waals surface area contributed by atoms with Crippen LogP contribution in [0.25, 0.3) is 22.2 Å². The summed E-state index contributed by atoms with van der Waals surface area (Å²) in [4.78, 5) is 8.21. The minimum absolute atomic E-state index is 0.0515. The molecule has 4 aromatic rings. The fourth-order valence-electron chi connectivity index (χ4n) is 5.08. The Kier molecular flexibility index (Phi) is 8.12. The SMILES string of the molecule is CCNc1cc2c(cn1)c(-c1cnn(C[C@@H](O)C(C)(C)O)c1)nn2[C@H]1CC[C@@H](Oc2nccc(C(F)(F)F)c2F)CC1. The highest BCUT2D eigenvalue weighted by atomic mass is 19.4. The van der Waals surface area contributed by atoms with Crippen LogP contribution in [-0.4, -0.2) is 64.1 Å². The number of nitrogens with zero attached hydrogens (tertiary/aromatic N) is 6. The van der Waals surface area contributed by atoms with E-state index in [0.29, 0.717) is 55.4 Å². The van der Waals surface area contributed by atoms with Gasteiger partial charge in [0.2, 0.25) is 0 Å². The van der Waals surface area contributed by atoms with E-state index in [4.69, 9.17) is 9.84 Å². The normalized spacial score (nSPS) is 18.8. The van der Waals surface area contributed by atoms with E-state index in [0.717, 1.165) is 17.1 Å². The Balaban J connectivity index is 1.38. The fraction of sp³-hybridized carbons (Fsp3) is 0.500. The van der Waals surface area contributed by atoms with Crippen molar-refractivity contribution >= 4 is 16.7 Å². The first-order valence-electron chi connectivity index (χ1n) is 13.8. The van der Waals surface area contributed by atoms with E-state index >= 15 is 0 Å². The van der Waals surface area contributed by atoms with Crippen molar-refractivity contribution in [2.45, 2.75) is 83.0 Å². The predicted octanol–water partition coefficient (Wildman–Crippen LogP) is 4.97. The predicted molar refractivity (Wildman–Crippen MR) is 146 cm³/mol. The monoisotopic (exact) mass is 591 g/mol. The molecule has 0 spiro atoms. The van der Waals surface area contributed by atoms with Crippen LogP contribution in [0.2, 0.25) is 0 Å². The molecule has 0 unspecified atom stereocenters. The molecule has 226 valence electrons. The third-order valence-electron chi connectivity index (χ3n) is 7.46. The molecule has 0 aromatic carbocycles. The average Bonchev–Trinajstić information content (AvgIpc) is 3.54. The summed E-state index contributed by atoms with van der Waals surface area (Å²) < 4.78 is 62.9. The van der Waals surface area contributed by atoms with E-state index in [1.54, 1.807) is 23.3 Å². The second-order valence-corrected chi connectivity index (χ2v) is 11.1. The van der Waals surface area contributed by atoms with Crippen molar-refractivity contribution in [3.8, 4) is 17.1 Å². The Labute approximate surface area is 239 Å². The van der Waals surface area contributed by atoms with Gasteiger partial charge in [-0.3, -0.25) is 9.36 Å². The topological polar surface area (TPSA) is 123 Å². The molecule has 0 bridgehead atoms. The molecule has 0 aliphatic heterocycles. The number of anilines is 1. The Morgan fingerprint density at radius 1 is 1.14 bits per heavy atom. The number of rotatable bonds is 9. The van der Waals surface area contributed by atoms with Crippen molar-refractivity contribution in [3.05, 3.63) is 48.3 Å². The number of hydrogen-bond acceptors (Lipinski definition) is 8. The van der Waals surface area contributed by atoms with Gasteiger partial charge in [-0.15, -0.1) is 0 Å². The van der Waals surface area contributed by atoms with Crippen LogP contribution in [0.5, 0.6) is 5.88 Å². The van der Waals surface area contributed by atoms with Gasteiger partial charge in [-0.25, -0.2) is 14.4 Å². The maximum Gasteiger partial charge on any atom is 0.419 e. The zero-order chi connectivity index (χ0) is 30.2. The second-order valence-electron chi connectivity index (χ2n) is 11.1. The Morgan fingerprint density at radius 2 is 1.88 bits per heavy atom. The average molecular weight is 592 g/mol. The number of aliphatic hydroxyl groups is 2. The molecule has 1 aliphatic rings. The van der Waals surface area contributed by atoms with Crippen LogP contribution >= 0.6 is 0 Å². The third kappa shape index (κ3) is 6.19. The molecule has 0 amide bonds. The summed E-state index contributed by atoms with van der Waals surface area (Å²) in [7, 11) is 0. The number of aliphatic hydroxyl groups excluding tert-OH is 1. The number of halogens is 4.